The van der Waals surface area contributed by atoms with Gasteiger partial charge in [0.05, 0.1) is 5.69 Å². The lowest BCUT2D eigenvalue weighted by molar-refractivity contribution is 0.623. The fraction of sp³-hybridized carbons (Fsp3) is 0. The zero-order valence-corrected chi connectivity index (χ0v) is 29.3. The topological polar surface area (TPSA) is 29.3 Å². The minimum atomic E-state index is 0.632. The number of thiophene rings is 1. The molecule has 0 spiro atoms. The van der Waals surface area contributed by atoms with Crippen LogP contribution in [0.5, 0.6) is 0 Å². The van der Waals surface area contributed by atoms with Crippen molar-refractivity contribution in [2.45, 2.75) is 0 Å². The Morgan fingerprint density at radius 1 is 0.434 bits per heavy atom. The SMILES string of the molecule is c1ccc(-c2ccc(N(c3ccc4sc5ccccc5c4c3)c3cccc4c3ccc3ccc5ccc6nc(-c7ccccc7)oc6c5c34)cc2)cc1. The normalized spacial score (nSPS) is 11.8. The fourth-order valence-corrected chi connectivity index (χ4v) is 9.06. The van der Waals surface area contributed by atoms with Gasteiger partial charge in [-0.05, 0) is 87.9 Å². The van der Waals surface area contributed by atoms with Crippen molar-refractivity contribution >= 4 is 92.0 Å². The Hall–Kier alpha value is -6.75. The highest BCUT2D eigenvalue weighted by Gasteiger charge is 2.20. The largest absolute Gasteiger partial charge is 0.435 e. The number of benzene rings is 9. The van der Waals surface area contributed by atoms with Gasteiger partial charge in [0.1, 0.15) is 5.52 Å². The number of nitrogens with zero attached hydrogens (tertiary/aromatic N) is 2. The van der Waals surface area contributed by atoms with Crippen molar-refractivity contribution in [2.24, 2.45) is 0 Å². The van der Waals surface area contributed by atoms with Crippen molar-refractivity contribution in [3.05, 3.63) is 182 Å². The number of rotatable bonds is 5. The molecule has 0 aliphatic carbocycles. The van der Waals surface area contributed by atoms with Crippen LogP contribution in [0.25, 0.3) is 86.2 Å². The molecule has 2 heterocycles. The number of fused-ring (bicyclic) bond motifs is 10. The van der Waals surface area contributed by atoms with Gasteiger partial charge in [0.15, 0.2) is 5.58 Å². The Morgan fingerprint density at radius 2 is 1.08 bits per heavy atom. The molecule has 0 amide bonds. The third-order valence-corrected chi connectivity index (χ3v) is 11.6. The van der Waals surface area contributed by atoms with Gasteiger partial charge in [0.25, 0.3) is 0 Å². The van der Waals surface area contributed by atoms with Gasteiger partial charge in [-0.1, -0.05) is 121 Å². The highest BCUT2D eigenvalue weighted by atomic mass is 32.1. The Balaban J connectivity index is 1.17. The van der Waals surface area contributed by atoms with Crippen LogP contribution >= 0.6 is 11.3 Å². The third kappa shape index (κ3) is 4.84. The van der Waals surface area contributed by atoms with Crippen LogP contribution in [-0.4, -0.2) is 4.98 Å². The molecule has 0 saturated carbocycles. The van der Waals surface area contributed by atoms with Crippen molar-refractivity contribution < 1.29 is 4.42 Å². The van der Waals surface area contributed by atoms with E-state index in [0.717, 1.165) is 55.3 Å². The lowest BCUT2D eigenvalue weighted by Gasteiger charge is -2.27. The molecule has 0 atom stereocenters. The minimum Gasteiger partial charge on any atom is -0.435 e. The molecule has 0 bridgehead atoms. The molecule has 3 nitrogen and oxygen atoms in total. The van der Waals surface area contributed by atoms with Crippen molar-refractivity contribution in [1.29, 1.82) is 0 Å². The molecule has 0 aliphatic rings. The molecule has 11 rings (SSSR count). The Bertz CT molecular complexity index is 3160. The van der Waals surface area contributed by atoms with Crippen LogP contribution < -0.4 is 4.90 Å². The van der Waals surface area contributed by atoms with Gasteiger partial charge in [-0.3, -0.25) is 0 Å². The molecule has 0 radical (unpaired) electrons. The maximum Gasteiger partial charge on any atom is 0.227 e. The minimum absolute atomic E-state index is 0.632. The zero-order chi connectivity index (χ0) is 34.9. The van der Waals surface area contributed by atoms with E-state index in [1.165, 1.54) is 42.1 Å². The maximum absolute atomic E-state index is 6.64. The monoisotopic (exact) mass is 694 g/mol. The summed E-state index contributed by atoms with van der Waals surface area (Å²) >= 11 is 1.85. The lowest BCUT2D eigenvalue weighted by Crippen LogP contribution is -2.10. The van der Waals surface area contributed by atoms with Crippen molar-refractivity contribution in [1.82, 2.24) is 4.98 Å². The van der Waals surface area contributed by atoms with E-state index in [-0.39, 0.29) is 0 Å². The Morgan fingerprint density at radius 3 is 1.91 bits per heavy atom. The first-order valence-electron chi connectivity index (χ1n) is 17.9. The first-order chi connectivity index (χ1) is 26.3. The summed E-state index contributed by atoms with van der Waals surface area (Å²) in [4.78, 5) is 7.36. The van der Waals surface area contributed by atoms with Crippen molar-refractivity contribution in [3.8, 4) is 22.6 Å². The fourth-order valence-electron chi connectivity index (χ4n) is 7.97. The van der Waals surface area contributed by atoms with Gasteiger partial charge in [-0.2, -0.15) is 0 Å². The number of hydrogen-bond donors (Lipinski definition) is 0. The Kier molecular flexibility index (Phi) is 6.73. The van der Waals surface area contributed by atoms with E-state index < -0.39 is 0 Å². The molecule has 0 saturated heterocycles. The van der Waals surface area contributed by atoms with Gasteiger partial charge < -0.3 is 9.32 Å². The maximum atomic E-state index is 6.64. The summed E-state index contributed by atoms with van der Waals surface area (Å²) in [5, 5.41) is 9.43. The second kappa shape index (κ2) is 11.9. The quantitative estimate of drug-likeness (QED) is 0.168. The third-order valence-electron chi connectivity index (χ3n) is 10.5. The summed E-state index contributed by atoms with van der Waals surface area (Å²) < 4.78 is 9.23. The first-order valence-corrected chi connectivity index (χ1v) is 18.7. The molecule has 0 N–H and O–H groups in total. The number of hydrogen-bond acceptors (Lipinski definition) is 4. The molecule has 2 aromatic heterocycles. The summed E-state index contributed by atoms with van der Waals surface area (Å²) in [5.74, 6) is 0.632. The number of anilines is 3. The van der Waals surface area contributed by atoms with Crippen LogP contribution in [0.3, 0.4) is 0 Å². The van der Waals surface area contributed by atoms with E-state index >= 15 is 0 Å². The van der Waals surface area contributed by atoms with Gasteiger partial charge >= 0.3 is 0 Å². The van der Waals surface area contributed by atoms with Gasteiger partial charge in [0.2, 0.25) is 5.89 Å². The van der Waals surface area contributed by atoms with E-state index in [9.17, 15) is 0 Å². The molecule has 53 heavy (non-hydrogen) atoms. The molecule has 0 fully saturated rings. The van der Waals surface area contributed by atoms with Crippen LogP contribution in [0, 0.1) is 0 Å². The molecule has 4 heteroatoms. The molecule has 0 unspecified atom stereocenters. The van der Waals surface area contributed by atoms with E-state index in [2.05, 4.69) is 157 Å². The second-order valence-corrected chi connectivity index (χ2v) is 14.6. The first kappa shape index (κ1) is 29.9. The summed E-state index contributed by atoms with van der Waals surface area (Å²) in [6.45, 7) is 0. The lowest BCUT2D eigenvalue weighted by atomic mass is 9.94. The number of oxazole rings is 1. The van der Waals surface area contributed by atoms with E-state index in [4.69, 9.17) is 9.40 Å². The van der Waals surface area contributed by atoms with Crippen LogP contribution in [0.1, 0.15) is 0 Å². The van der Waals surface area contributed by atoms with Crippen molar-refractivity contribution in [3.63, 3.8) is 0 Å². The van der Waals surface area contributed by atoms with Crippen LogP contribution in [-0.2, 0) is 0 Å². The Labute approximate surface area is 309 Å². The van der Waals surface area contributed by atoms with E-state index in [0.29, 0.717) is 5.89 Å². The average molecular weight is 695 g/mol. The predicted octanol–water partition coefficient (Wildman–Crippen LogP) is 14.5. The predicted molar refractivity (Wildman–Crippen MR) is 225 cm³/mol. The van der Waals surface area contributed by atoms with Crippen molar-refractivity contribution in [2.75, 3.05) is 4.90 Å². The summed E-state index contributed by atoms with van der Waals surface area (Å²) in [7, 11) is 0. The van der Waals surface area contributed by atoms with Gasteiger partial charge in [-0.15, -0.1) is 11.3 Å². The molecular formula is C49H30N2OS. The highest BCUT2D eigenvalue weighted by molar-refractivity contribution is 7.25. The van der Waals surface area contributed by atoms with E-state index in [1.807, 2.05) is 41.7 Å². The van der Waals surface area contributed by atoms with Crippen LogP contribution in [0.15, 0.2) is 186 Å². The van der Waals surface area contributed by atoms with Crippen LogP contribution in [0.2, 0.25) is 0 Å². The molecule has 248 valence electrons. The summed E-state index contributed by atoms with van der Waals surface area (Å²) in [5.41, 5.74) is 8.35. The molecular weight excluding hydrogens is 665 g/mol. The van der Waals surface area contributed by atoms with Gasteiger partial charge in [0, 0.05) is 53.3 Å². The number of aromatic nitrogens is 1. The highest BCUT2D eigenvalue weighted by Crippen LogP contribution is 2.45. The van der Waals surface area contributed by atoms with Gasteiger partial charge in [-0.25, -0.2) is 4.98 Å². The molecule has 0 aliphatic heterocycles. The average Bonchev–Trinajstić information content (AvgIpc) is 3.84. The van der Waals surface area contributed by atoms with Crippen LogP contribution in [0.4, 0.5) is 17.1 Å². The molecule has 9 aromatic carbocycles. The second-order valence-electron chi connectivity index (χ2n) is 13.5. The summed E-state index contributed by atoms with van der Waals surface area (Å²) in [6, 6.07) is 65.2. The zero-order valence-electron chi connectivity index (χ0n) is 28.5. The standard InChI is InChI=1S/C49H30N2OS/c1-3-10-31(11-4-1)32-20-24-36(25-21-32)51(37-26-29-45-41(30-37)39-14-7-8-17-44(39)53-45)43-16-9-15-40-38(43)27-22-33-18-19-34-23-28-42-48(47(34)46(33)40)52-49(50-42)35-12-5-2-6-13-35/h1-30H. The molecule has 11 aromatic rings. The van der Waals surface area contributed by atoms with E-state index in [1.54, 1.807) is 0 Å². The summed E-state index contributed by atoms with van der Waals surface area (Å²) in [6.07, 6.45) is 0. The smallest absolute Gasteiger partial charge is 0.227 e.